The van der Waals surface area contributed by atoms with Crippen LogP contribution in [0, 0.1) is 0 Å². The van der Waals surface area contributed by atoms with Crippen LogP contribution in [0.1, 0.15) is 51.2 Å². The molecule has 0 aliphatic heterocycles. The Hall–Kier alpha value is -2.35. The zero-order valence-corrected chi connectivity index (χ0v) is 17.0. The summed E-state index contributed by atoms with van der Waals surface area (Å²) in [5.41, 5.74) is 1.02. The van der Waals surface area contributed by atoms with Crippen molar-refractivity contribution in [1.82, 2.24) is 24.9 Å². The fraction of sp³-hybridized carbons (Fsp3) is 0.474. The van der Waals surface area contributed by atoms with Gasteiger partial charge in [-0.1, -0.05) is 44.1 Å². The molecule has 8 heteroatoms. The third-order valence-electron chi connectivity index (χ3n) is 4.11. The van der Waals surface area contributed by atoms with E-state index in [1.165, 1.54) is 0 Å². The smallest absolute Gasteiger partial charge is 0.229 e. The van der Waals surface area contributed by atoms with Crippen molar-refractivity contribution >= 4 is 11.8 Å². The molecule has 0 saturated heterocycles. The maximum absolute atomic E-state index is 5.28. The average Bonchev–Trinajstić information content (AvgIpc) is 3.32. The molecule has 1 aromatic carbocycles. The van der Waals surface area contributed by atoms with Gasteiger partial charge in [0.15, 0.2) is 16.8 Å². The molecule has 0 radical (unpaired) electrons. The van der Waals surface area contributed by atoms with Gasteiger partial charge in [0.05, 0.1) is 12.9 Å². The molecule has 0 fully saturated rings. The Labute approximate surface area is 163 Å². The molecule has 3 aromatic rings. The van der Waals surface area contributed by atoms with E-state index in [-0.39, 0.29) is 5.92 Å². The van der Waals surface area contributed by atoms with Crippen molar-refractivity contribution in [1.29, 1.82) is 0 Å². The van der Waals surface area contributed by atoms with E-state index in [1.54, 1.807) is 18.9 Å². The van der Waals surface area contributed by atoms with Crippen LogP contribution in [0.15, 0.2) is 33.9 Å². The molecule has 0 aliphatic rings. The number of methoxy groups -OCH3 is 1. The van der Waals surface area contributed by atoms with Gasteiger partial charge in [0.2, 0.25) is 5.89 Å². The maximum Gasteiger partial charge on any atom is 0.229 e. The predicted octanol–water partition coefficient (Wildman–Crippen LogP) is 4.55. The van der Waals surface area contributed by atoms with Gasteiger partial charge in [0.1, 0.15) is 5.75 Å². The molecule has 0 unspecified atom stereocenters. The van der Waals surface area contributed by atoms with Gasteiger partial charge < -0.3 is 13.8 Å². The van der Waals surface area contributed by atoms with Gasteiger partial charge in [-0.25, -0.2) is 0 Å². The first-order valence-corrected chi connectivity index (χ1v) is 10.1. The van der Waals surface area contributed by atoms with Crippen molar-refractivity contribution in [3.63, 3.8) is 0 Å². The van der Waals surface area contributed by atoms with Gasteiger partial charge in [-0.15, -0.1) is 10.2 Å². The van der Waals surface area contributed by atoms with E-state index in [9.17, 15) is 0 Å². The Balaban J connectivity index is 1.80. The number of hydrogen-bond donors (Lipinski definition) is 0. The molecule has 0 saturated carbocycles. The predicted molar refractivity (Wildman–Crippen MR) is 105 cm³/mol. The van der Waals surface area contributed by atoms with Gasteiger partial charge >= 0.3 is 0 Å². The van der Waals surface area contributed by atoms with Crippen LogP contribution in [0.3, 0.4) is 0 Å². The third kappa shape index (κ3) is 4.68. The van der Waals surface area contributed by atoms with Crippen molar-refractivity contribution in [2.24, 2.45) is 0 Å². The first-order valence-electron chi connectivity index (χ1n) is 9.15. The molecule has 0 bridgehead atoms. The van der Waals surface area contributed by atoms with Gasteiger partial charge in [0.25, 0.3) is 0 Å². The van der Waals surface area contributed by atoms with Crippen LogP contribution in [0.25, 0.3) is 11.4 Å². The monoisotopic (exact) mass is 387 g/mol. The Morgan fingerprint density at radius 3 is 2.59 bits per heavy atom. The minimum atomic E-state index is 0.228. The minimum absolute atomic E-state index is 0.228. The highest BCUT2D eigenvalue weighted by Crippen LogP contribution is 2.27. The zero-order chi connectivity index (χ0) is 19.2. The molecule has 0 aliphatic carbocycles. The lowest BCUT2D eigenvalue weighted by atomic mass is 10.2. The lowest BCUT2D eigenvalue weighted by Crippen LogP contribution is -2.03. The normalized spacial score (nSPS) is 11.3. The molecule has 0 atom stereocenters. The lowest BCUT2D eigenvalue weighted by Gasteiger charge is -2.09. The molecule has 3 rings (SSSR count). The molecule has 2 aromatic heterocycles. The second-order valence-corrected chi connectivity index (χ2v) is 7.47. The highest BCUT2D eigenvalue weighted by atomic mass is 32.2. The SMILES string of the molecule is CCCCn1c(SCc2noc(C(C)C)n2)nnc1-c1ccc(OC)cc1. The Bertz CT molecular complexity index is 857. The van der Waals surface area contributed by atoms with Gasteiger partial charge in [-0.3, -0.25) is 0 Å². The molecule has 144 valence electrons. The summed E-state index contributed by atoms with van der Waals surface area (Å²) in [5.74, 6) is 3.86. The maximum atomic E-state index is 5.28. The number of benzene rings is 1. The third-order valence-corrected chi connectivity index (χ3v) is 5.07. The average molecular weight is 388 g/mol. The Kier molecular flexibility index (Phi) is 6.49. The summed E-state index contributed by atoms with van der Waals surface area (Å²) >= 11 is 1.58. The van der Waals surface area contributed by atoms with E-state index in [1.807, 2.05) is 38.1 Å². The number of hydrogen-bond acceptors (Lipinski definition) is 7. The molecular formula is C19H25N5O2S. The standard InChI is InChI=1S/C19H25N5O2S/c1-5-6-11-24-17(14-7-9-15(25-4)10-8-14)21-22-19(24)27-12-16-20-18(13(2)3)26-23-16/h7-10,13H,5-6,11-12H2,1-4H3. The number of unbranched alkanes of at least 4 members (excludes halogenated alkanes) is 1. The van der Waals surface area contributed by atoms with Gasteiger partial charge in [-0.2, -0.15) is 4.98 Å². The quantitative estimate of drug-likeness (QED) is 0.498. The summed E-state index contributed by atoms with van der Waals surface area (Å²) in [6.07, 6.45) is 2.17. The second-order valence-electron chi connectivity index (χ2n) is 6.53. The second kappa shape index (κ2) is 9.03. The molecule has 2 heterocycles. The van der Waals surface area contributed by atoms with Gasteiger partial charge in [0, 0.05) is 18.0 Å². The first kappa shape index (κ1) is 19.4. The largest absolute Gasteiger partial charge is 0.497 e. The van der Waals surface area contributed by atoms with Crippen molar-refractivity contribution in [3.05, 3.63) is 36.0 Å². The van der Waals surface area contributed by atoms with E-state index in [0.717, 1.165) is 41.7 Å². The van der Waals surface area contributed by atoms with Crippen LogP contribution in [0.5, 0.6) is 5.75 Å². The minimum Gasteiger partial charge on any atom is -0.497 e. The van der Waals surface area contributed by atoms with E-state index < -0.39 is 0 Å². The molecule has 7 nitrogen and oxygen atoms in total. The van der Waals surface area contributed by atoms with Crippen LogP contribution in [-0.4, -0.2) is 32.0 Å². The number of ether oxygens (including phenoxy) is 1. The first-order chi connectivity index (χ1) is 13.1. The lowest BCUT2D eigenvalue weighted by molar-refractivity contribution is 0.362. The molecule has 0 N–H and O–H groups in total. The zero-order valence-electron chi connectivity index (χ0n) is 16.2. The Morgan fingerprint density at radius 1 is 1.19 bits per heavy atom. The van der Waals surface area contributed by atoms with Crippen molar-refractivity contribution in [2.45, 2.75) is 57.0 Å². The van der Waals surface area contributed by atoms with Crippen molar-refractivity contribution in [3.8, 4) is 17.1 Å². The summed E-state index contributed by atoms with van der Waals surface area (Å²) in [5, 5.41) is 13.7. The number of aromatic nitrogens is 5. The molecule has 0 spiro atoms. The highest BCUT2D eigenvalue weighted by molar-refractivity contribution is 7.98. The summed E-state index contributed by atoms with van der Waals surface area (Å²) in [4.78, 5) is 4.43. The van der Waals surface area contributed by atoms with Crippen LogP contribution < -0.4 is 4.74 Å². The van der Waals surface area contributed by atoms with Gasteiger partial charge in [-0.05, 0) is 30.7 Å². The van der Waals surface area contributed by atoms with E-state index >= 15 is 0 Å². The highest BCUT2D eigenvalue weighted by Gasteiger charge is 2.16. The van der Waals surface area contributed by atoms with Crippen LogP contribution in [0.2, 0.25) is 0 Å². The Morgan fingerprint density at radius 2 is 1.96 bits per heavy atom. The number of rotatable bonds is 9. The van der Waals surface area contributed by atoms with Crippen LogP contribution in [-0.2, 0) is 12.3 Å². The van der Waals surface area contributed by atoms with Crippen molar-refractivity contribution < 1.29 is 9.26 Å². The van der Waals surface area contributed by atoms with Crippen molar-refractivity contribution in [2.75, 3.05) is 7.11 Å². The molecule has 27 heavy (non-hydrogen) atoms. The molecule has 0 amide bonds. The van der Waals surface area contributed by atoms with E-state index in [4.69, 9.17) is 9.26 Å². The summed E-state index contributed by atoms with van der Waals surface area (Å²) in [6, 6.07) is 7.89. The summed E-state index contributed by atoms with van der Waals surface area (Å²) in [6.45, 7) is 7.12. The van der Waals surface area contributed by atoms with Crippen LogP contribution >= 0.6 is 11.8 Å². The fourth-order valence-electron chi connectivity index (χ4n) is 2.56. The topological polar surface area (TPSA) is 78.9 Å². The van der Waals surface area contributed by atoms with E-state index in [0.29, 0.717) is 17.5 Å². The van der Waals surface area contributed by atoms with Crippen LogP contribution in [0.4, 0.5) is 0 Å². The number of nitrogens with zero attached hydrogens (tertiary/aromatic N) is 5. The number of thioether (sulfide) groups is 1. The van der Waals surface area contributed by atoms with E-state index in [2.05, 4.69) is 31.8 Å². The molecular weight excluding hydrogens is 362 g/mol. The fourth-order valence-corrected chi connectivity index (χ4v) is 3.36. The summed E-state index contributed by atoms with van der Waals surface area (Å²) in [7, 11) is 1.66. The summed E-state index contributed by atoms with van der Waals surface area (Å²) < 4.78 is 12.7.